The smallest absolute Gasteiger partial charge is 0.330 e. The zero-order chi connectivity index (χ0) is 35.8. The van der Waals surface area contributed by atoms with Gasteiger partial charge in [-0.15, -0.1) is 0 Å². The molecule has 48 heavy (non-hydrogen) atoms. The first-order valence-electron chi connectivity index (χ1n) is 17.2. The molecule has 5 unspecified atom stereocenters. The molecule has 3 aliphatic heterocycles. The number of carbonyl (C=O) groups is 3. The van der Waals surface area contributed by atoms with Gasteiger partial charge in [-0.05, 0) is 107 Å². The Morgan fingerprint density at radius 3 is 2.27 bits per heavy atom. The topological polar surface area (TPSA) is 119 Å². The summed E-state index contributed by atoms with van der Waals surface area (Å²) in [6, 6.07) is 0. The number of aromatic hydroxyl groups is 1. The Labute approximate surface area is 285 Å². The normalized spacial score (nSPS) is 28.0. The SMILES string of the molecule is CCC1C(=O)c2c(O)c3c(c(CC=C(C)C)c2OC1C1CCC(=O)C(C)(C/C=C(/C)C(=O)O)OC1(C)C)OC(C)(CCC=C(C)C)C=C3. The third-order valence-corrected chi connectivity index (χ3v) is 10.2. The Balaban J connectivity index is 1.82. The average molecular weight is 663 g/mol. The van der Waals surface area contributed by atoms with Crippen molar-refractivity contribution in [1.29, 1.82) is 0 Å². The van der Waals surface area contributed by atoms with Crippen molar-refractivity contribution in [2.45, 2.75) is 137 Å². The Kier molecular flexibility index (Phi) is 10.9. The predicted octanol–water partition coefficient (Wildman–Crippen LogP) is 8.74. The molecule has 1 saturated heterocycles. The molecule has 8 heteroatoms. The van der Waals surface area contributed by atoms with Gasteiger partial charge in [0.1, 0.15) is 40.1 Å². The van der Waals surface area contributed by atoms with E-state index in [0.29, 0.717) is 41.9 Å². The lowest BCUT2D eigenvalue weighted by molar-refractivity contribution is -0.175. The molecule has 0 bridgehead atoms. The molecule has 262 valence electrons. The Morgan fingerprint density at radius 2 is 1.67 bits per heavy atom. The van der Waals surface area contributed by atoms with E-state index in [9.17, 15) is 24.6 Å². The molecule has 1 aromatic rings. The van der Waals surface area contributed by atoms with E-state index < -0.39 is 34.8 Å². The van der Waals surface area contributed by atoms with Crippen LogP contribution in [0.5, 0.6) is 17.2 Å². The van der Waals surface area contributed by atoms with Crippen LogP contribution in [0.25, 0.3) is 6.08 Å². The van der Waals surface area contributed by atoms with Crippen molar-refractivity contribution in [3.63, 3.8) is 0 Å². The van der Waals surface area contributed by atoms with Crippen molar-refractivity contribution >= 4 is 23.6 Å². The standard InChI is InChI=1S/C40H54O8/c1-11-26-32(42)31-33(43)27-19-21-39(9,20-12-13-23(2)3)47-34(27)28(15-14-24(4)5)36(31)46-35(26)29-16-17-30(41)40(10,48-38(29,7)8)22-18-25(6)37(44)45/h13-14,18-19,21,26,29,35,43H,11-12,15-17,20,22H2,1-10H3,(H,44,45)/b25-18-. The first-order valence-corrected chi connectivity index (χ1v) is 17.2. The quantitative estimate of drug-likeness (QED) is 0.189. The summed E-state index contributed by atoms with van der Waals surface area (Å²) in [6.07, 6.45) is 12.2. The van der Waals surface area contributed by atoms with Gasteiger partial charge in [0.25, 0.3) is 0 Å². The van der Waals surface area contributed by atoms with Crippen LogP contribution in [0, 0.1) is 11.8 Å². The lowest BCUT2D eigenvalue weighted by Crippen LogP contribution is -2.53. The molecule has 0 saturated carbocycles. The number of ether oxygens (including phenoxy) is 3. The van der Waals surface area contributed by atoms with Crippen LogP contribution in [0.1, 0.15) is 129 Å². The van der Waals surface area contributed by atoms with Crippen molar-refractivity contribution in [2.24, 2.45) is 11.8 Å². The number of carboxylic acids is 1. The van der Waals surface area contributed by atoms with Gasteiger partial charge in [-0.25, -0.2) is 4.79 Å². The number of phenolic OH excluding ortho intramolecular Hbond substituents is 1. The average Bonchev–Trinajstić information content (AvgIpc) is 3.07. The summed E-state index contributed by atoms with van der Waals surface area (Å²) in [4.78, 5) is 39.5. The van der Waals surface area contributed by atoms with Gasteiger partial charge in [-0.2, -0.15) is 0 Å². The van der Waals surface area contributed by atoms with E-state index in [-0.39, 0.29) is 47.2 Å². The van der Waals surface area contributed by atoms with E-state index >= 15 is 0 Å². The van der Waals surface area contributed by atoms with Crippen LogP contribution < -0.4 is 9.47 Å². The fourth-order valence-electron chi connectivity index (χ4n) is 7.29. The lowest BCUT2D eigenvalue weighted by atomic mass is 9.73. The minimum atomic E-state index is -1.24. The predicted molar refractivity (Wildman–Crippen MR) is 188 cm³/mol. The molecule has 1 aromatic carbocycles. The van der Waals surface area contributed by atoms with Crippen molar-refractivity contribution in [3.8, 4) is 17.2 Å². The summed E-state index contributed by atoms with van der Waals surface area (Å²) in [5.41, 5.74) is 1.07. The van der Waals surface area contributed by atoms with Crippen molar-refractivity contribution < 1.29 is 38.8 Å². The molecule has 8 nitrogen and oxygen atoms in total. The molecule has 0 aromatic heterocycles. The minimum absolute atomic E-state index is 0.119. The fraction of sp³-hybridized carbons (Fsp3) is 0.575. The summed E-state index contributed by atoms with van der Waals surface area (Å²) < 4.78 is 20.3. The van der Waals surface area contributed by atoms with E-state index in [1.165, 1.54) is 18.6 Å². The number of ketones is 2. The maximum absolute atomic E-state index is 14.5. The van der Waals surface area contributed by atoms with E-state index in [1.807, 2.05) is 53.7 Å². The van der Waals surface area contributed by atoms with Gasteiger partial charge in [0, 0.05) is 29.9 Å². The Bertz CT molecular complexity index is 1580. The number of allylic oxidation sites excluding steroid dienone is 4. The molecule has 0 radical (unpaired) electrons. The molecule has 2 N–H and O–H groups in total. The summed E-state index contributed by atoms with van der Waals surface area (Å²) >= 11 is 0. The van der Waals surface area contributed by atoms with Gasteiger partial charge in [-0.1, -0.05) is 36.3 Å². The fourth-order valence-corrected chi connectivity index (χ4v) is 7.29. The number of phenols is 1. The molecule has 0 amide bonds. The highest BCUT2D eigenvalue weighted by molar-refractivity contribution is 6.06. The number of rotatable bonds is 10. The number of aliphatic carboxylic acids is 1. The number of hydrogen-bond acceptors (Lipinski definition) is 7. The van der Waals surface area contributed by atoms with Crippen LogP contribution in [0.2, 0.25) is 0 Å². The third kappa shape index (κ3) is 7.49. The monoisotopic (exact) mass is 662 g/mol. The Morgan fingerprint density at radius 1 is 1.00 bits per heavy atom. The van der Waals surface area contributed by atoms with Crippen LogP contribution in [-0.4, -0.2) is 50.7 Å². The number of carboxylic acid groups (broad SMARTS) is 1. The van der Waals surface area contributed by atoms with Gasteiger partial charge in [-0.3, -0.25) is 9.59 Å². The number of hydrogen-bond donors (Lipinski definition) is 2. The summed E-state index contributed by atoms with van der Waals surface area (Å²) in [6.45, 7) is 19.2. The van der Waals surface area contributed by atoms with Crippen molar-refractivity contribution in [1.82, 2.24) is 0 Å². The van der Waals surface area contributed by atoms with Crippen LogP contribution in [0.3, 0.4) is 0 Å². The summed E-state index contributed by atoms with van der Waals surface area (Å²) in [5, 5.41) is 21.1. The Hall–Kier alpha value is -3.65. The van der Waals surface area contributed by atoms with E-state index in [0.717, 1.165) is 18.4 Å². The molecule has 5 atom stereocenters. The second kappa shape index (κ2) is 14.1. The third-order valence-electron chi connectivity index (χ3n) is 10.2. The number of fused-ring (bicyclic) bond motifs is 2. The largest absolute Gasteiger partial charge is 0.506 e. The second-order valence-corrected chi connectivity index (χ2v) is 15.2. The molecule has 0 spiro atoms. The molecule has 3 aliphatic rings. The van der Waals surface area contributed by atoms with Gasteiger partial charge in [0.05, 0.1) is 17.1 Å². The minimum Gasteiger partial charge on any atom is -0.506 e. The van der Waals surface area contributed by atoms with Crippen LogP contribution in [0.4, 0.5) is 0 Å². The van der Waals surface area contributed by atoms with E-state index in [4.69, 9.17) is 14.2 Å². The highest BCUT2D eigenvalue weighted by atomic mass is 16.5. The van der Waals surface area contributed by atoms with E-state index in [2.05, 4.69) is 26.0 Å². The molecule has 0 aliphatic carbocycles. The highest BCUT2D eigenvalue weighted by Gasteiger charge is 2.53. The van der Waals surface area contributed by atoms with Gasteiger partial charge < -0.3 is 24.4 Å². The number of carbonyl (C=O) groups excluding carboxylic acids is 2. The first kappa shape index (κ1) is 37.2. The van der Waals surface area contributed by atoms with Crippen LogP contribution in [-0.2, 0) is 20.7 Å². The molecule has 3 heterocycles. The van der Waals surface area contributed by atoms with Gasteiger partial charge in [0.2, 0.25) is 0 Å². The summed E-state index contributed by atoms with van der Waals surface area (Å²) in [7, 11) is 0. The molecule has 4 rings (SSSR count). The maximum Gasteiger partial charge on any atom is 0.330 e. The zero-order valence-corrected chi connectivity index (χ0v) is 30.4. The molecular weight excluding hydrogens is 608 g/mol. The second-order valence-electron chi connectivity index (χ2n) is 15.2. The molecular formula is C40H54O8. The maximum atomic E-state index is 14.5. The van der Waals surface area contributed by atoms with E-state index in [1.54, 1.807) is 6.92 Å². The number of benzene rings is 1. The van der Waals surface area contributed by atoms with Gasteiger partial charge >= 0.3 is 5.97 Å². The molecule has 1 fully saturated rings. The van der Waals surface area contributed by atoms with Crippen LogP contribution in [0.15, 0.2) is 41.0 Å². The van der Waals surface area contributed by atoms with Gasteiger partial charge in [0.15, 0.2) is 11.6 Å². The zero-order valence-electron chi connectivity index (χ0n) is 30.4. The summed E-state index contributed by atoms with van der Waals surface area (Å²) in [5.74, 6) is -1.58. The van der Waals surface area contributed by atoms with Crippen molar-refractivity contribution in [3.05, 3.63) is 57.7 Å². The lowest BCUT2D eigenvalue weighted by Gasteiger charge is -2.45. The number of Topliss-reactive ketones (excluding diaryl/α,β-unsaturated/α-hetero) is 2. The van der Waals surface area contributed by atoms with Crippen LogP contribution >= 0.6 is 0 Å². The van der Waals surface area contributed by atoms with Crippen molar-refractivity contribution in [2.75, 3.05) is 0 Å². The first-order chi connectivity index (χ1) is 22.3. The highest BCUT2D eigenvalue weighted by Crippen LogP contribution is 2.53.